The van der Waals surface area contributed by atoms with Gasteiger partial charge in [-0.05, 0) is 98.4 Å². The molecule has 0 aromatic heterocycles. The van der Waals surface area contributed by atoms with Crippen molar-refractivity contribution in [1.82, 2.24) is 9.80 Å². The summed E-state index contributed by atoms with van der Waals surface area (Å²) in [6.45, 7) is 10.4. The van der Waals surface area contributed by atoms with Gasteiger partial charge < -0.3 is 19.6 Å². The molecule has 3 aromatic carbocycles. The minimum Gasteiger partial charge on any atom is -0.339 e. The van der Waals surface area contributed by atoms with E-state index in [1.54, 1.807) is 12.1 Å². The van der Waals surface area contributed by atoms with E-state index in [4.69, 9.17) is 0 Å². The first kappa shape index (κ1) is 36.1. The molecule has 0 unspecified atom stereocenters. The van der Waals surface area contributed by atoms with Gasteiger partial charge in [0.2, 0.25) is 11.8 Å². The number of piperidine rings is 1. The van der Waals surface area contributed by atoms with Crippen LogP contribution in [0.3, 0.4) is 0 Å². The summed E-state index contributed by atoms with van der Waals surface area (Å²) in [6.07, 6.45) is 11.4. The summed E-state index contributed by atoms with van der Waals surface area (Å²) in [4.78, 5) is 50.2. The number of rotatable bonds is 12. The summed E-state index contributed by atoms with van der Waals surface area (Å²) in [5.74, 6) is 0.105. The van der Waals surface area contributed by atoms with Gasteiger partial charge in [-0.25, -0.2) is 4.39 Å². The molecule has 1 aliphatic carbocycles. The molecule has 3 aliphatic heterocycles. The minimum absolute atomic E-state index is 0.0682. The van der Waals surface area contributed by atoms with Crippen molar-refractivity contribution in [3.63, 3.8) is 0 Å². The third-order valence-corrected chi connectivity index (χ3v) is 11.9. The van der Waals surface area contributed by atoms with E-state index < -0.39 is 11.0 Å². The number of unbranched alkanes of at least 4 members (excludes halogenated alkanes) is 1. The molecule has 2 spiro atoms. The van der Waals surface area contributed by atoms with Crippen LogP contribution in [0.5, 0.6) is 0 Å². The molecule has 2 saturated heterocycles. The van der Waals surface area contributed by atoms with Crippen molar-refractivity contribution in [3.8, 4) is 0 Å². The predicted molar refractivity (Wildman–Crippen MR) is 205 cm³/mol. The lowest BCUT2D eigenvalue weighted by Gasteiger charge is -2.43. The number of carbonyl (C=O) groups is 3. The van der Waals surface area contributed by atoms with Crippen LogP contribution in [0.15, 0.2) is 84.9 Å². The Labute approximate surface area is 308 Å². The first-order chi connectivity index (χ1) is 25.0. The Bertz CT molecular complexity index is 1810. The highest BCUT2D eigenvalue weighted by Gasteiger charge is 2.54. The highest BCUT2D eigenvalue weighted by molar-refractivity contribution is 6.08. The first-order valence-corrected chi connectivity index (χ1v) is 19.2. The third-order valence-electron chi connectivity index (χ3n) is 11.9. The third kappa shape index (κ3) is 6.94. The van der Waals surface area contributed by atoms with Gasteiger partial charge in [0.25, 0.3) is 0 Å². The fourth-order valence-corrected chi connectivity index (χ4v) is 9.01. The molecule has 0 atom stereocenters. The normalized spacial score (nSPS) is 19.4. The van der Waals surface area contributed by atoms with Crippen LogP contribution >= 0.6 is 0 Å². The molecule has 274 valence electrons. The van der Waals surface area contributed by atoms with Gasteiger partial charge in [-0.1, -0.05) is 81.8 Å². The lowest BCUT2D eigenvalue weighted by molar-refractivity contribution is -0.134. The molecule has 52 heavy (non-hydrogen) atoms. The first-order valence-electron chi connectivity index (χ1n) is 19.2. The van der Waals surface area contributed by atoms with E-state index >= 15 is 0 Å². The van der Waals surface area contributed by atoms with Crippen molar-refractivity contribution in [2.75, 3.05) is 42.6 Å². The van der Waals surface area contributed by atoms with Gasteiger partial charge in [0.05, 0.1) is 12.1 Å². The Morgan fingerprint density at radius 2 is 1.50 bits per heavy atom. The molecule has 7 nitrogen and oxygen atoms in total. The van der Waals surface area contributed by atoms with Crippen LogP contribution < -0.4 is 9.80 Å². The van der Waals surface area contributed by atoms with Crippen LogP contribution in [0.2, 0.25) is 0 Å². The quantitative estimate of drug-likeness (QED) is 0.108. The van der Waals surface area contributed by atoms with Crippen molar-refractivity contribution < 1.29 is 18.8 Å². The van der Waals surface area contributed by atoms with Gasteiger partial charge in [0, 0.05) is 49.5 Å². The number of hydrogen-bond donors (Lipinski definition) is 0. The second-order valence-electron chi connectivity index (χ2n) is 16.6. The smallest absolute Gasteiger partial charge is 0.250 e. The van der Waals surface area contributed by atoms with Crippen LogP contribution in [-0.2, 0) is 21.5 Å². The number of likely N-dealkylation sites (tertiary alicyclic amines) is 1. The molecule has 2 amide bonds. The number of para-hydroxylation sites is 1. The van der Waals surface area contributed by atoms with Crippen LogP contribution in [-0.4, -0.2) is 65.8 Å². The number of amides is 2. The van der Waals surface area contributed by atoms with E-state index in [1.807, 2.05) is 46.2 Å². The second kappa shape index (κ2) is 14.6. The fraction of sp³-hybridized carbons (Fsp3) is 0.477. The minimum atomic E-state index is -0.744. The maximum absolute atomic E-state index is 14.6. The Kier molecular flexibility index (Phi) is 10.1. The van der Waals surface area contributed by atoms with E-state index in [-0.39, 0.29) is 28.8 Å². The van der Waals surface area contributed by atoms with Crippen molar-refractivity contribution in [2.45, 2.75) is 96.1 Å². The molecule has 0 N–H and O–H groups in total. The number of carbonyl (C=O) groups excluding carboxylic acids is 3. The van der Waals surface area contributed by atoms with Gasteiger partial charge >= 0.3 is 0 Å². The summed E-state index contributed by atoms with van der Waals surface area (Å²) >= 11 is 0. The zero-order valence-corrected chi connectivity index (χ0v) is 31.1. The average Bonchev–Trinajstić information content (AvgIpc) is 3.80. The van der Waals surface area contributed by atoms with Gasteiger partial charge in [-0.3, -0.25) is 14.4 Å². The lowest BCUT2D eigenvalue weighted by Crippen LogP contribution is -2.56. The van der Waals surface area contributed by atoms with Gasteiger partial charge in [-0.2, -0.15) is 0 Å². The number of benzene rings is 3. The zero-order chi connectivity index (χ0) is 36.5. The monoisotopic (exact) mass is 704 g/mol. The molecule has 7 rings (SSSR count). The van der Waals surface area contributed by atoms with Crippen LogP contribution in [0.25, 0.3) is 0 Å². The molecule has 0 bridgehead atoms. The molecule has 3 heterocycles. The SMILES string of the molecule is CC(C)(C)CCCCC(=O)c1ccccc1CN1CN(c2ccc(F)cc2)C2(CCN(CCCN3C(=O)C4(CC=CC4)c4ccccc43)CC2)C1=O. The van der Waals surface area contributed by atoms with Crippen molar-refractivity contribution >= 4 is 29.0 Å². The number of halogens is 1. The predicted octanol–water partition coefficient (Wildman–Crippen LogP) is 8.28. The van der Waals surface area contributed by atoms with E-state index in [2.05, 4.69) is 54.9 Å². The molecule has 2 fully saturated rings. The standard InChI is InChI=1S/C44H53FN4O3/c1-42(2,3)22-9-8-17-39(50)36-14-5-4-13-33(36)31-47-32-49(35-20-18-34(45)19-21-35)44(41(47)52)25-29-46(30-26-44)27-12-28-48-38-16-7-6-15-37(38)43(40(48)51)23-10-11-24-43/h4-7,10-11,13-16,18-21H,8-9,12,17,22-32H2,1-3H3. The Hall–Kier alpha value is -4.30. The van der Waals surface area contributed by atoms with Gasteiger partial charge in [0.15, 0.2) is 5.78 Å². The van der Waals surface area contributed by atoms with E-state index in [0.29, 0.717) is 44.6 Å². The largest absolute Gasteiger partial charge is 0.339 e. The molecule has 0 radical (unpaired) electrons. The Morgan fingerprint density at radius 1 is 0.808 bits per heavy atom. The number of anilines is 2. The number of fused-ring (bicyclic) bond motifs is 2. The maximum atomic E-state index is 14.6. The zero-order valence-electron chi connectivity index (χ0n) is 31.1. The number of ketones is 1. The number of allylic oxidation sites excluding steroid dienone is 2. The molecule has 8 heteroatoms. The highest BCUT2D eigenvalue weighted by atomic mass is 19.1. The Balaban J connectivity index is 1.02. The highest BCUT2D eigenvalue weighted by Crippen LogP contribution is 2.49. The van der Waals surface area contributed by atoms with Crippen LogP contribution in [0, 0.1) is 11.2 Å². The summed E-state index contributed by atoms with van der Waals surface area (Å²) < 4.78 is 14.0. The Morgan fingerprint density at radius 3 is 2.23 bits per heavy atom. The van der Waals surface area contributed by atoms with Crippen molar-refractivity contribution in [2.24, 2.45) is 5.41 Å². The van der Waals surface area contributed by atoms with Crippen LogP contribution in [0.1, 0.15) is 100 Å². The van der Waals surface area contributed by atoms with E-state index in [0.717, 1.165) is 80.7 Å². The number of Topliss-reactive ketones (excluding diaryl/α,β-unsaturated/α-hetero) is 1. The lowest BCUT2D eigenvalue weighted by atomic mass is 9.79. The van der Waals surface area contributed by atoms with Crippen molar-refractivity contribution in [3.05, 3.63) is 107 Å². The molecule has 3 aromatic rings. The molecular formula is C44H53FN4O3. The van der Waals surface area contributed by atoms with Gasteiger partial charge in [0.1, 0.15) is 11.4 Å². The van der Waals surface area contributed by atoms with E-state index in [9.17, 15) is 18.8 Å². The van der Waals surface area contributed by atoms with Gasteiger partial charge in [-0.15, -0.1) is 0 Å². The summed E-state index contributed by atoms with van der Waals surface area (Å²) in [5.41, 5.74) is 3.66. The summed E-state index contributed by atoms with van der Waals surface area (Å²) in [6, 6.07) is 22.4. The fourth-order valence-electron chi connectivity index (χ4n) is 9.01. The van der Waals surface area contributed by atoms with E-state index in [1.165, 1.54) is 12.1 Å². The number of hydrogen-bond acceptors (Lipinski definition) is 5. The maximum Gasteiger partial charge on any atom is 0.250 e. The second-order valence-corrected chi connectivity index (χ2v) is 16.6. The summed E-state index contributed by atoms with van der Waals surface area (Å²) in [7, 11) is 0. The van der Waals surface area contributed by atoms with Crippen LogP contribution in [0.4, 0.5) is 15.8 Å². The molecular weight excluding hydrogens is 652 g/mol. The number of nitrogens with zero attached hydrogens (tertiary/aromatic N) is 4. The van der Waals surface area contributed by atoms with Crippen molar-refractivity contribution in [1.29, 1.82) is 0 Å². The summed E-state index contributed by atoms with van der Waals surface area (Å²) in [5, 5.41) is 0. The topological polar surface area (TPSA) is 64.2 Å². The molecule has 0 saturated carbocycles. The molecule has 4 aliphatic rings. The average molecular weight is 705 g/mol.